The van der Waals surface area contributed by atoms with Crippen LogP contribution in [0.2, 0.25) is 0 Å². The van der Waals surface area contributed by atoms with E-state index in [1.807, 2.05) is 18.2 Å². The van der Waals surface area contributed by atoms with Crippen molar-refractivity contribution in [3.05, 3.63) is 35.6 Å². The number of carbonyl (C=O) groups is 2. The van der Waals surface area contributed by atoms with E-state index in [0.717, 1.165) is 18.2 Å². The van der Waals surface area contributed by atoms with Crippen LogP contribution in [0.3, 0.4) is 0 Å². The van der Waals surface area contributed by atoms with Gasteiger partial charge in [-0.3, -0.25) is 4.79 Å². The van der Waals surface area contributed by atoms with Crippen molar-refractivity contribution in [1.29, 1.82) is 0 Å². The first-order chi connectivity index (χ1) is 13.0. The number of para-hydroxylation sites is 1. The van der Waals surface area contributed by atoms with Gasteiger partial charge in [0, 0.05) is 24.1 Å². The molecule has 0 aliphatic heterocycles. The van der Waals surface area contributed by atoms with Gasteiger partial charge in [0.15, 0.2) is 6.61 Å². The molecule has 2 aromatic rings. The standard InChI is InChI=1S/C21H27NO5/c1-13-7-6-9-17(14(13)2)22-19(23)12-26-21(24)20-16(11-25-3)15-8-4-5-10-18(15)27-20/h4-5,8,10,13-14,17H,6-7,9,11-12H2,1-3H3,(H,22,23)/t13-,14-,17-/m1/s1. The molecule has 1 saturated carbocycles. The van der Waals surface area contributed by atoms with E-state index in [2.05, 4.69) is 19.2 Å². The fraction of sp³-hybridized carbons (Fsp3) is 0.524. The summed E-state index contributed by atoms with van der Waals surface area (Å²) >= 11 is 0. The Morgan fingerprint density at radius 2 is 2.00 bits per heavy atom. The predicted octanol–water partition coefficient (Wildman–Crippen LogP) is 3.68. The summed E-state index contributed by atoms with van der Waals surface area (Å²) in [5, 5.41) is 3.81. The van der Waals surface area contributed by atoms with Crippen molar-refractivity contribution >= 4 is 22.8 Å². The average molecular weight is 373 g/mol. The topological polar surface area (TPSA) is 77.8 Å². The van der Waals surface area contributed by atoms with Crippen LogP contribution < -0.4 is 5.32 Å². The second-order valence-corrected chi connectivity index (χ2v) is 7.36. The van der Waals surface area contributed by atoms with Crippen molar-refractivity contribution in [3.8, 4) is 0 Å². The number of amides is 1. The van der Waals surface area contributed by atoms with Gasteiger partial charge >= 0.3 is 5.97 Å². The molecule has 6 nitrogen and oxygen atoms in total. The summed E-state index contributed by atoms with van der Waals surface area (Å²) in [4.78, 5) is 24.7. The number of methoxy groups -OCH3 is 1. The van der Waals surface area contributed by atoms with Gasteiger partial charge in [-0.15, -0.1) is 0 Å². The molecule has 1 aliphatic carbocycles. The molecule has 0 radical (unpaired) electrons. The van der Waals surface area contributed by atoms with E-state index in [9.17, 15) is 9.59 Å². The SMILES string of the molecule is COCc1c(C(=O)OCC(=O)N[C@@H]2CCC[C@@H](C)[C@H]2C)oc2ccccc12. The molecule has 3 rings (SSSR count). The molecular formula is C21H27NO5. The van der Waals surface area contributed by atoms with Gasteiger partial charge in [-0.05, 0) is 24.3 Å². The van der Waals surface area contributed by atoms with Crippen molar-refractivity contribution in [1.82, 2.24) is 5.32 Å². The van der Waals surface area contributed by atoms with Gasteiger partial charge < -0.3 is 19.2 Å². The van der Waals surface area contributed by atoms with Gasteiger partial charge in [0.25, 0.3) is 5.91 Å². The van der Waals surface area contributed by atoms with Crippen molar-refractivity contribution in [2.45, 2.75) is 45.8 Å². The summed E-state index contributed by atoms with van der Waals surface area (Å²) in [7, 11) is 1.55. The van der Waals surface area contributed by atoms with Crippen LogP contribution >= 0.6 is 0 Å². The third-order valence-corrected chi connectivity index (χ3v) is 5.56. The number of nitrogens with one attached hydrogen (secondary N) is 1. The lowest BCUT2D eigenvalue weighted by atomic mass is 9.78. The number of esters is 1. The Morgan fingerprint density at radius 1 is 1.22 bits per heavy atom. The zero-order valence-electron chi connectivity index (χ0n) is 16.1. The lowest BCUT2D eigenvalue weighted by molar-refractivity contribution is -0.125. The second-order valence-electron chi connectivity index (χ2n) is 7.36. The maximum absolute atomic E-state index is 12.5. The highest BCUT2D eigenvalue weighted by Gasteiger charge is 2.29. The second kappa shape index (κ2) is 8.57. The summed E-state index contributed by atoms with van der Waals surface area (Å²) in [5.41, 5.74) is 1.22. The minimum atomic E-state index is -0.654. The minimum Gasteiger partial charge on any atom is -0.450 e. The third-order valence-electron chi connectivity index (χ3n) is 5.56. The third kappa shape index (κ3) is 4.33. The molecule has 1 aromatic heterocycles. The van der Waals surface area contributed by atoms with Gasteiger partial charge in [0.1, 0.15) is 5.58 Å². The molecule has 1 fully saturated rings. The van der Waals surface area contributed by atoms with Crippen molar-refractivity contribution < 1.29 is 23.5 Å². The molecule has 1 heterocycles. The molecule has 1 amide bonds. The molecule has 146 valence electrons. The Hall–Kier alpha value is -2.34. The van der Waals surface area contributed by atoms with Gasteiger partial charge in [-0.2, -0.15) is 0 Å². The largest absolute Gasteiger partial charge is 0.450 e. The summed E-state index contributed by atoms with van der Waals surface area (Å²) in [6.07, 6.45) is 3.26. The first-order valence-electron chi connectivity index (χ1n) is 9.47. The van der Waals surface area contributed by atoms with Crippen LogP contribution in [0.25, 0.3) is 11.0 Å². The van der Waals surface area contributed by atoms with Crippen LogP contribution in [0, 0.1) is 11.8 Å². The van der Waals surface area contributed by atoms with Crippen LogP contribution in [0.1, 0.15) is 49.2 Å². The van der Waals surface area contributed by atoms with Crippen molar-refractivity contribution in [3.63, 3.8) is 0 Å². The summed E-state index contributed by atoms with van der Waals surface area (Å²) < 4.78 is 16.0. The highest BCUT2D eigenvalue weighted by Crippen LogP contribution is 2.29. The van der Waals surface area contributed by atoms with E-state index in [4.69, 9.17) is 13.9 Å². The van der Waals surface area contributed by atoms with E-state index in [-0.39, 0.29) is 30.9 Å². The number of rotatable bonds is 6. The first kappa shape index (κ1) is 19.4. The number of carbonyl (C=O) groups excluding carboxylic acids is 2. The summed E-state index contributed by atoms with van der Waals surface area (Å²) in [6.45, 7) is 4.28. The zero-order valence-corrected chi connectivity index (χ0v) is 16.1. The molecule has 0 bridgehead atoms. The zero-order chi connectivity index (χ0) is 19.4. The maximum Gasteiger partial charge on any atom is 0.375 e. The molecular weight excluding hydrogens is 346 g/mol. The molecule has 27 heavy (non-hydrogen) atoms. The van der Waals surface area contributed by atoms with E-state index in [0.29, 0.717) is 23.0 Å². The lowest BCUT2D eigenvalue weighted by Crippen LogP contribution is -2.45. The Kier molecular flexibility index (Phi) is 6.16. The molecule has 3 atom stereocenters. The molecule has 1 N–H and O–H groups in total. The monoisotopic (exact) mass is 373 g/mol. The maximum atomic E-state index is 12.5. The first-order valence-corrected chi connectivity index (χ1v) is 9.47. The van der Waals surface area contributed by atoms with Crippen LogP contribution in [0.15, 0.2) is 28.7 Å². The van der Waals surface area contributed by atoms with Crippen LogP contribution in [0.5, 0.6) is 0 Å². The Labute approximate surface area is 159 Å². The highest BCUT2D eigenvalue weighted by atomic mass is 16.5. The average Bonchev–Trinajstić information content (AvgIpc) is 3.03. The predicted molar refractivity (Wildman–Crippen MR) is 101 cm³/mol. The van der Waals surface area contributed by atoms with E-state index in [1.165, 1.54) is 6.42 Å². The van der Waals surface area contributed by atoms with Crippen molar-refractivity contribution in [2.24, 2.45) is 11.8 Å². The number of ether oxygens (including phenoxy) is 2. The number of fused-ring (bicyclic) bond motifs is 1. The van der Waals surface area contributed by atoms with Gasteiger partial charge in [-0.1, -0.05) is 44.9 Å². The van der Waals surface area contributed by atoms with E-state index >= 15 is 0 Å². The van der Waals surface area contributed by atoms with Gasteiger partial charge in [-0.25, -0.2) is 4.79 Å². The smallest absolute Gasteiger partial charge is 0.375 e. The molecule has 6 heteroatoms. The van der Waals surface area contributed by atoms with Crippen LogP contribution in [0.4, 0.5) is 0 Å². The van der Waals surface area contributed by atoms with Gasteiger partial charge in [0.2, 0.25) is 5.76 Å². The molecule has 0 spiro atoms. The Morgan fingerprint density at radius 3 is 2.78 bits per heavy atom. The molecule has 1 aromatic carbocycles. The minimum absolute atomic E-state index is 0.0884. The summed E-state index contributed by atoms with van der Waals surface area (Å²) in [6, 6.07) is 7.48. The summed E-state index contributed by atoms with van der Waals surface area (Å²) in [5.74, 6) is 0.156. The van der Waals surface area contributed by atoms with E-state index in [1.54, 1.807) is 13.2 Å². The van der Waals surface area contributed by atoms with E-state index < -0.39 is 5.97 Å². The van der Waals surface area contributed by atoms with Crippen LogP contribution in [-0.2, 0) is 20.9 Å². The normalized spacial score (nSPS) is 22.6. The fourth-order valence-corrected chi connectivity index (χ4v) is 3.78. The molecule has 0 unspecified atom stereocenters. The molecule has 0 saturated heterocycles. The lowest BCUT2D eigenvalue weighted by Gasteiger charge is -2.34. The highest BCUT2D eigenvalue weighted by molar-refractivity contribution is 5.96. The van der Waals surface area contributed by atoms with Gasteiger partial charge in [0.05, 0.1) is 6.61 Å². The Bertz CT molecular complexity index is 812. The quantitative estimate of drug-likeness (QED) is 0.782. The number of furan rings is 1. The number of hydrogen-bond acceptors (Lipinski definition) is 5. The number of hydrogen-bond donors (Lipinski definition) is 1. The van der Waals surface area contributed by atoms with Crippen LogP contribution in [-0.4, -0.2) is 31.6 Å². The Balaban J connectivity index is 1.63. The number of benzene rings is 1. The fourth-order valence-electron chi connectivity index (χ4n) is 3.78. The van der Waals surface area contributed by atoms with Crippen molar-refractivity contribution in [2.75, 3.05) is 13.7 Å². The molecule has 1 aliphatic rings.